The zero-order chi connectivity index (χ0) is 14.4. The maximum atomic E-state index is 11.0. The molecule has 0 aliphatic rings. The van der Waals surface area contributed by atoms with Crippen molar-refractivity contribution in [2.24, 2.45) is 0 Å². The number of hydrogen-bond donors (Lipinski definition) is 3. The molecule has 1 unspecified atom stereocenters. The SMILES string of the molecule is CCNc1nc(C)c([N+](=O)[O-])c(NCCC(C)O)n1. The lowest BCUT2D eigenvalue weighted by Crippen LogP contribution is -2.14. The van der Waals surface area contributed by atoms with E-state index in [1.54, 1.807) is 13.8 Å². The Morgan fingerprint density at radius 1 is 1.42 bits per heavy atom. The van der Waals surface area contributed by atoms with Crippen molar-refractivity contribution in [3.63, 3.8) is 0 Å². The van der Waals surface area contributed by atoms with Crippen LogP contribution in [0.15, 0.2) is 0 Å². The number of aliphatic hydroxyl groups excluding tert-OH is 1. The van der Waals surface area contributed by atoms with Crippen molar-refractivity contribution in [2.45, 2.75) is 33.3 Å². The van der Waals surface area contributed by atoms with Gasteiger partial charge in [0.2, 0.25) is 11.8 Å². The molecule has 1 heterocycles. The highest BCUT2D eigenvalue weighted by molar-refractivity contribution is 5.60. The quantitative estimate of drug-likeness (QED) is 0.505. The van der Waals surface area contributed by atoms with Crippen molar-refractivity contribution in [1.82, 2.24) is 9.97 Å². The summed E-state index contributed by atoms with van der Waals surface area (Å²) in [7, 11) is 0. The van der Waals surface area contributed by atoms with Crippen LogP contribution in [-0.2, 0) is 0 Å². The van der Waals surface area contributed by atoms with Crippen molar-refractivity contribution in [2.75, 3.05) is 23.7 Å². The number of hydrogen-bond acceptors (Lipinski definition) is 7. The first kappa shape index (κ1) is 15.1. The van der Waals surface area contributed by atoms with Gasteiger partial charge in [-0.15, -0.1) is 0 Å². The lowest BCUT2D eigenvalue weighted by Gasteiger charge is -2.10. The van der Waals surface area contributed by atoms with E-state index in [4.69, 9.17) is 0 Å². The second-order valence-electron chi connectivity index (χ2n) is 4.18. The van der Waals surface area contributed by atoms with Crippen molar-refractivity contribution in [3.05, 3.63) is 15.8 Å². The van der Waals surface area contributed by atoms with Crippen LogP contribution < -0.4 is 10.6 Å². The molecule has 19 heavy (non-hydrogen) atoms. The minimum Gasteiger partial charge on any atom is -0.393 e. The fourth-order valence-corrected chi connectivity index (χ4v) is 1.55. The average molecular weight is 269 g/mol. The number of aromatic nitrogens is 2. The highest BCUT2D eigenvalue weighted by Crippen LogP contribution is 2.26. The van der Waals surface area contributed by atoms with Crippen LogP contribution in [0.1, 0.15) is 26.0 Å². The monoisotopic (exact) mass is 269 g/mol. The maximum absolute atomic E-state index is 11.0. The summed E-state index contributed by atoms with van der Waals surface area (Å²) in [6.45, 7) is 6.15. The van der Waals surface area contributed by atoms with Gasteiger partial charge < -0.3 is 15.7 Å². The van der Waals surface area contributed by atoms with E-state index >= 15 is 0 Å². The van der Waals surface area contributed by atoms with Gasteiger partial charge in [-0.05, 0) is 27.2 Å². The Kier molecular flexibility index (Phi) is 5.43. The fraction of sp³-hybridized carbons (Fsp3) is 0.636. The Morgan fingerprint density at radius 3 is 2.63 bits per heavy atom. The van der Waals surface area contributed by atoms with E-state index in [1.807, 2.05) is 6.92 Å². The highest BCUT2D eigenvalue weighted by atomic mass is 16.6. The number of aryl methyl sites for hydroxylation is 1. The molecular formula is C11H19N5O3. The fourth-order valence-electron chi connectivity index (χ4n) is 1.55. The Balaban J connectivity index is 2.99. The molecule has 106 valence electrons. The molecule has 0 fully saturated rings. The summed E-state index contributed by atoms with van der Waals surface area (Å²) >= 11 is 0. The number of nitrogens with one attached hydrogen (secondary N) is 2. The molecule has 1 aromatic heterocycles. The molecule has 8 nitrogen and oxygen atoms in total. The lowest BCUT2D eigenvalue weighted by molar-refractivity contribution is -0.385. The predicted molar refractivity (Wildman–Crippen MR) is 72.4 cm³/mol. The molecule has 0 aliphatic carbocycles. The van der Waals surface area contributed by atoms with Gasteiger partial charge in [0.1, 0.15) is 5.69 Å². The molecule has 0 amide bonds. The van der Waals surface area contributed by atoms with Gasteiger partial charge >= 0.3 is 5.69 Å². The van der Waals surface area contributed by atoms with Gasteiger partial charge in [0, 0.05) is 13.1 Å². The van der Waals surface area contributed by atoms with Gasteiger partial charge in [-0.2, -0.15) is 4.98 Å². The lowest BCUT2D eigenvalue weighted by atomic mass is 10.3. The van der Waals surface area contributed by atoms with Crippen LogP contribution in [0.3, 0.4) is 0 Å². The number of anilines is 2. The van der Waals surface area contributed by atoms with Gasteiger partial charge in [0.05, 0.1) is 11.0 Å². The third kappa shape index (κ3) is 4.32. The topological polar surface area (TPSA) is 113 Å². The summed E-state index contributed by atoms with van der Waals surface area (Å²) in [5.74, 6) is 0.527. The van der Waals surface area contributed by atoms with Gasteiger partial charge in [-0.3, -0.25) is 10.1 Å². The zero-order valence-electron chi connectivity index (χ0n) is 11.3. The molecule has 0 spiro atoms. The van der Waals surface area contributed by atoms with E-state index in [2.05, 4.69) is 20.6 Å². The number of rotatable bonds is 7. The van der Waals surface area contributed by atoms with E-state index in [1.165, 1.54) is 0 Å². The third-order valence-corrected chi connectivity index (χ3v) is 2.43. The third-order valence-electron chi connectivity index (χ3n) is 2.43. The predicted octanol–water partition coefficient (Wildman–Crippen LogP) is 1.31. The summed E-state index contributed by atoms with van der Waals surface area (Å²) in [6, 6.07) is 0. The summed E-state index contributed by atoms with van der Waals surface area (Å²) in [5.41, 5.74) is 0.169. The molecule has 3 N–H and O–H groups in total. The molecule has 0 saturated heterocycles. The molecule has 0 aromatic carbocycles. The van der Waals surface area contributed by atoms with Crippen LogP contribution >= 0.6 is 0 Å². The molecule has 1 aromatic rings. The summed E-state index contributed by atoms with van der Waals surface area (Å²) in [6.07, 6.45) is 0.0132. The first-order valence-electron chi connectivity index (χ1n) is 6.14. The Hall–Kier alpha value is -1.96. The molecule has 0 aliphatic heterocycles. The van der Waals surface area contributed by atoms with Gasteiger partial charge in [0.25, 0.3) is 0 Å². The number of aliphatic hydroxyl groups is 1. The van der Waals surface area contributed by atoms with Crippen molar-refractivity contribution < 1.29 is 10.0 Å². The molecule has 0 saturated carbocycles. The molecule has 1 atom stereocenters. The average Bonchev–Trinajstić information content (AvgIpc) is 2.27. The van der Waals surface area contributed by atoms with E-state index in [0.29, 0.717) is 31.2 Å². The second kappa shape index (κ2) is 6.83. The normalized spacial score (nSPS) is 12.0. The Labute approximate surface area is 111 Å². The first-order chi connectivity index (χ1) is 8.95. The minimum absolute atomic E-state index is 0.132. The number of nitrogens with zero attached hydrogens (tertiary/aromatic N) is 3. The van der Waals surface area contributed by atoms with E-state index in [0.717, 1.165) is 0 Å². The smallest absolute Gasteiger partial charge is 0.332 e. The van der Waals surface area contributed by atoms with E-state index in [9.17, 15) is 15.2 Å². The molecule has 1 rings (SSSR count). The van der Waals surface area contributed by atoms with Crippen molar-refractivity contribution >= 4 is 17.5 Å². The maximum Gasteiger partial charge on any atom is 0.332 e. The minimum atomic E-state index is -0.504. The van der Waals surface area contributed by atoms with Crippen molar-refractivity contribution in [3.8, 4) is 0 Å². The standard InChI is InChI=1S/C11H19N5O3/c1-4-12-11-14-8(3)9(16(18)19)10(15-11)13-6-5-7(2)17/h7,17H,4-6H2,1-3H3,(H2,12,13,14,15). The Morgan fingerprint density at radius 2 is 2.11 bits per heavy atom. The summed E-state index contributed by atoms with van der Waals surface area (Å²) < 4.78 is 0. The second-order valence-corrected chi connectivity index (χ2v) is 4.18. The molecule has 0 radical (unpaired) electrons. The van der Waals surface area contributed by atoms with Crippen LogP contribution in [0.5, 0.6) is 0 Å². The largest absolute Gasteiger partial charge is 0.393 e. The molecule has 8 heteroatoms. The van der Waals surface area contributed by atoms with Crippen LogP contribution in [0.2, 0.25) is 0 Å². The molecule has 0 bridgehead atoms. The van der Waals surface area contributed by atoms with Gasteiger partial charge in [-0.1, -0.05) is 0 Å². The summed E-state index contributed by atoms with van der Waals surface area (Å²) in [4.78, 5) is 18.6. The van der Waals surface area contributed by atoms with Crippen LogP contribution in [-0.4, -0.2) is 39.2 Å². The van der Waals surface area contributed by atoms with E-state index < -0.39 is 11.0 Å². The molecular weight excluding hydrogens is 250 g/mol. The zero-order valence-corrected chi connectivity index (χ0v) is 11.3. The van der Waals surface area contributed by atoms with Crippen LogP contribution in [0, 0.1) is 17.0 Å². The van der Waals surface area contributed by atoms with Gasteiger partial charge in [0.15, 0.2) is 0 Å². The van der Waals surface area contributed by atoms with Crippen molar-refractivity contribution in [1.29, 1.82) is 0 Å². The number of nitro groups is 1. The van der Waals surface area contributed by atoms with Crippen LogP contribution in [0.25, 0.3) is 0 Å². The Bertz CT molecular complexity index is 450. The first-order valence-corrected chi connectivity index (χ1v) is 6.14. The van der Waals surface area contributed by atoms with Gasteiger partial charge in [-0.25, -0.2) is 4.98 Å². The highest BCUT2D eigenvalue weighted by Gasteiger charge is 2.21. The van der Waals surface area contributed by atoms with Crippen LogP contribution in [0.4, 0.5) is 17.5 Å². The van der Waals surface area contributed by atoms with E-state index in [-0.39, 0.29) is 11.5 Å². The summed E-state index contributed by atoms with van der Waals surface area (Å²) in [5, 5.41) is 26.0.